The number of nitrogens with zero attached hydrogens (tertiary/aromatic N) is 5. The van der Waals surface area contributed by atoms with Gasteiger partial charge in [0.1, 0.15) is 0 Å². The van der Waals surface area contributed by atoms with Gasteiger partial charge in [0.25, 0.3) is 0 Å². The van der Waals surface area contributed by atoms with Crippen molar-refractivity contribution >= 4 is 34.7 Å². The molecule has 164 valence electrons. The number of benzene rings is 2. The number of hydrogen-bond acceptors (Lipinski definition) is 8. The summed E-state index contributed by atoms with van der Waals surface area (Å²) in [6, 6.07) is 14.4. The fraction of sp³-hybridized carbons (Fsp3) is 0.0909. The maximum atomic E-state index is 11.4. The predicted molar refractivity (Wildman–Crippen MR) is 125 cm³/mol. The summed E-state index contributed by atoms with van der Waals surface area (Å²) >= 11 is 0. The van der Waals surface area contributed by atoms with E-state index in [2.05, 4.69) is 20.3 Å². The van der Waals surface area contributed by atoms with Crippen molar-refractivity contribution in [2.45, 2.75) is 6.92 Å². The lowest BCUT2D eigenvalue weighted by Crippen LogP contribution is -2.27. The van der Waals surface area contributed by atoms with Crippen LogP contribution in [-0.2, 0) is 7.05 Å². The minimum atomic E-state index is -0.544. The molecule has 2 heterocycles. The molecule has 32 heavy (non-hydrogen) atoms. The summed E-state index contributed by atoms with van der Waals surface area (Å²) in [7, 11) is 1.94. The third kappa shape index (κ3) is 5.80. The molecule has 0 radical (unpaired) electrons. The van der Waals surface area contributed by atoms with Crippen LogP contribution in [0.25, 0.3) is 0 Å². The average molecular weight is 432 g/mol. The van der Waals surface area contributed by atoms with Gasteiger partial charge < -0.3 is 21.4 Å². The zero-order chi connectivity index (χ0) is 23.1. The molecule has 0 bridgehead atoms. The second kappa shape index (κ2) is 10.0. The van der Waals surface area contributed by atoms with Gasteiger partial charge in [-0.05, 0) is 42.8 Å². The number of imidazole rings is 1. The number of carbonyl (C=O) groups is 1. The van der Waals surface area contributed by atoms with Crippen LogP contribution in [0.3, 0.4) is 0 Å². The number of hydrazine groups is 1. The number of nitrogens with two attached hydrogens (primary N) is 3. The van der Waals surface area contributed by atoms with Gasteiger partial charge in [-0.25, -0.2) is 15.8 Å². The van der Waals surface area contributed by atoms with E-state index in [4.69, 9.17) is 17.3 Å². The fourth-order valence-electron chi connectivity index (χ4n) is 2.74. The van der Waals surface area contributed by atoms with Crippen LogP contribution in [0.1, 0.15) is 15.9 Å². The van der Waals surface area contributed by atoms with Gasteiger partial charge in [0.15, 0.2) is 5.82 Å². The van der Waals surface area contributed by atoms with Crippen molar-refractivity contribution in [3.05, 3.63) is 84.6 Å². The maximum Gasteiger partial charge on any atom is 0.248 e. The van der Waals surface area contributed by atoms with Crippen molar-refractivity contribution in [1.29, 1.82) is 0 Å². The molecular weight excluding hydrogens is 406 g/mol. The molecule has 0 aliphatic carbocycles. The number of aromatic nitrogens is 4. The smallest absolute Gasteiger partial charge is 0.248 e. The Balaban J connectivity index is 0.000000416. The summed E-state index contributed by atoms with van der Waals surface area (Å²) in [6.45, 7) is 1.99. The molecule has 10 heteroatoms. The summed E-state index contributed by atoms with van der Waals surface area (Å²) < 4.78 is 1.89. The Morgan fingerprint density at radius 3 is 2.56 bits per heavy atom. The molecule has 0 unspecified atom stereocenters. The van der Waals surface area contributed by atoms with Crippen molar-refractivity contribution in [2.75, 3.05) is 16.1 Å². The quantitative estimate of drug-likeness (QED) is 0.278. The third-order valence-corrected chi connectivity index (χ3v) is 4.34. The highest BCUT2D eigenvalue weighted by molar-refractivity contribution is 5.94. The molecule has 0 aliphatic rings. The molecule has 4 rings (SSSR count). The minimum Gasteiger partial charge on any atom is -0.394 e. The Bertz CT molecular complexity index is 1190. The van der Waals surface area contributed by atoms with Crippen LogP contribution < -0.4 is 27.6 Å². The summed E-state index contributed by atoms with van der Waals surface area (Å²) in [5.74, 6) is 6.26. The molecule has 0 atom stereocenters. The topological polar surface area (TPSA) is 154 Å². The number of aryl methyl sites for hydroxylation is 2. The van der Waals surface area contributed by atoms with Crippen molar-refractivity contribution in [2.24, 2.45) is 18.6 Å². The first-order valence-electron chi connectivity index (χ1n) is 9.66. The second-order valence-electron chi connectivity index (χ2n) is 6.98. The molecule has 0 saturated carbocycles. The van der Waals surface area contributed by atoms with E-state index in [0.717, 1.165) is 11.3 Å². The van der Waals surface area contributed by atoms with Gasteiger partial charge in [0.2, 0.25) is 11.9 Å². The van der Waals surface area contributed by atoms with E-state index in [-0.39, 0.29) is 0 Å². The number of primary amides is 1. The van der Waals surface area contributed by atoms with E-state index in [9.17, 15) is 4.79 Å². The van der Waals surface area contributed by atoms with Crippen molar-refractivity contribution in [1.82, 2.24) is 19.5 Å². The standard InChI is InChI=1S/C18H19N7O.C4H6N2/c1-11-4-2-6-13(8-11)23-18-22-10-15(19)17(24-18)25(21)14-7-3-5-12(9-14)16(20)26;1-6-3-2-5-4-6/h2-10H,19,21H2,1H3,(H2,20,26)(H,22,23,24);2-4H,1H3. The number of amides is 1. The predicted octanol–water partition coefficient (Wildman–Crippen LogP) is 2.64. The number of anilines is 5. The van der Waals surface area contributed by atoms with E-state index in [1.54, 1.807) is 36.8 Å². The zero-order valence-corrected chi connectivity index (χ0v) is 17.8. The van der Waals surface area contributed by atoms with Gasteiger partial charge in [-0.2, -0.15) is 4.98 Å². The molecule has 1 amide bonds. The Labute approximate surface area is 185 Å². The summed E-state index contributed by atoms with van der Waals surface area (Å²) in [5.41, 5.74) is 14.4. The van der Waals surface area contributed by atoms with E-state index >= 15 is 0 Å². The van der Waals surface area contributed by atoms with E-state index in [1.807, 2.05) is 49.0 Å². The normalized spacial score (nSPS) is 10.1. The lowest BCUT2D eigenvalue weighted by atomic mass is 10.2. The lowest BCUT2D eigenvalue weighted by molar-refractivity contribution is 0.100. The molecule has 0 saturated heterocycles. The first-order chi connectivity index (χ1) is 15.3. The van der Waals surface area contributed by atoms with Gasteiger partial charge in [-0.3, -0.25) is 9.80 Å². The van der Waals surface area contributed by atoms with Crippen LogP contribution >= 0.6 is 0 Å². The van der Waals surface area contributed by atoms with Crippen molar-refractivity contribution in [3.63, 3.8) is 0 Å². The summed E-state index contributed by atoms with van der Waals surface area (Å²) in [4.78, 5) is 23.7. The van der Waals surface area contributed by atoms with Crippen molar-refractivity contribution < 1.29 is 4.79 Å². The van der Waals surface area contributed by atoms with Crippen LogP contribution in [0, 0.1) is 6.92 Å². The summed E-state index contributed by atoms with van der Waals surface area (Å²) in [6.07, 6.45) is 6.86. The highest BCUT2D eigenvalue weighted by Crippen LogP contribution is 2.27. The van der Waals surface area contributed by atoms with Crippen LogP contribution in [0.2, 0.25) is 0 Å². The molecule has 0 fully saturated rings. The molecule has 0 spiro atoms. The molecule has 10 nitrogen and oxygen atoms in total. The number of carbonyl (C=O) groups excluding carboxylic acids is 1. The van der Waals surface area contributed by atoms with Crippen LogP contribution in [0.15, 0.2) is 73.4 Å². The van der Waals surface area contributed by atoms with Crippen LogP contribution in [-0.4, -0.2) is 25.4 Å². The van der Waals surface area contributed by atoms with Gasteiger partial charge >= 0.3 is 0 Å². The number of nitrogen functional groups attached to an aromatic ring is 1. The second-order valence-corrected chi connectivity index (χ2v) is 6.98. The molecular formula is C22H25N9O. The maximum absolute atomic E-state index is 11.4. The lowest BCUT2D eigenvalue weighted by Gasteiger charge is -2.20. The Kier molecular flexibility index (Phi) is 6.99. The van der Waals surface area contributed by atoms with E-state index in [0.29, 0.717) is 28.7 Å². The largest absolute Gasteiger partial charge is 0.394 e. The first-order valence-corrected chi connectivity index (χ1v) is 9.66. The molecule has 2 aromatic carbocycles. The highest BCUT2D eigenvalue weighted by Gasteiger charge is 2.14. The van der Waals surface area contributed by atoms with Gasteiger partial charge in [0.05, 0.1) is 23.9 Å². The Morgan fingerprint density at radius 1 is 1.16 bits per heavy atom. The van der Waals surface area contributed by atoms with Gasteiger partial charge in [0, 0.05) is 30.7 Å². The third-order valence-electron chi connectivity index (χ3n) is 4.34. The zero-order valence-electron chi connectivity index (χ0n) is 17.8. The highest BCUT2D eigenvalue weighted by atomic mass is 16.1. The fourth-order valence-corrected chi connectivity index (χ4v) is 2.74. The van der Waals surface area contributed by atoms with Crippen LogP contribution in [0.4, 0.5) is 28.8 Å². The van der Waals surface area contributed by atoms with E-state index in [1.165, 1.54) is 11.2 Å². The summed E-state index contributed by atoms with van der Waals surface area (Å²) in [5, 5.41) is 4.40. The van der Waals surface area contributed by atoms with Gasteiger partial charge in [-0.1, -0.05) is 18.2 Å². The molecule has 2 aromatic heterocycles. The monoisotopic (exact) mass is 431 g/mol. The van der Waals surface area contributed by atoms with Gasteiger partial charge in [-0.15, -0.1) is 0 Å². The average Bonchev–Trinajstić information content (AvgIpc) is 3.26. The molecule has 0 aliphatic heterocycles. The first kappa shape index (κ1) is 22.2. The Morgan fingerprint density at radius 2 is 1.94 bits per heavy atom. The van der Waals surface area contributed by atoms with Crippen LogP contribution in [0.5, 0.6) is 0 Å². The minimum absolute atomic E-state index is 0.298. The number of rotatable bonds is 5. The number of hydrogen-bond donors (Lipinski definition) is 4. The number of nitrogens with one attached hydrogen (secondary N) is 1. The SMILES string of the molecule is Cc1cccc(Nc2ncc(N)c(N(N)c3cccc(C(N)=O)c3)n2)c1.Cn1ccnc1. The molecule has 7 N–H and O–H groups in total. The van der Waals surface area contributed by atoms with Crippen molar-refractivity contribution in [3.8, 4) is 0 Å². The van der Waals surface area contributed by atoms with E-state index < -0.39 is 5.91 Å². The molecule has 4 aromatic rings. The Hall–Kier alpha value is -4.44.